The van der Waals surface area contributed by atoms with Crippen LogP contribution in [-0.2, 0) is 10.0 Å². The molecule has 1 saturated heterocycles. The van der Waals surface area contributed by atoms with Crippen molar-refractivity contribution >= 4 is 44.0 Å². The van der Waals surface area contributed by atoms with E-state index in [9.17, 15) is 8.42 Å². The third kappa shape index (κ3) is 5.09. The molecule has 2 aromatic carbocycles. The summed E-state index contributed by atoms with van der Waals surface area (Å²) in [6.45, 7) is 8.36. The van der Waals surface area contributed by atoms with Gasteiger partial charge in [-0.25, -0.2) is 8.42 Å². The minimum absolute atomic E-state index is 0.227. The van der Waals surface area contributed by atoms with Crippen LogP contribution in [0.2, 0.25) is 0 Å². The highest BCUT2D eigenvalue weighted by atomic mass is 127. The van der Waals surface area contributed by atoms with Gasteiger partial charge in [0.05, 0.1) is 17.2 Å². The van der Waals surface area contributed by atoms with E-state index in [0.29, 0.717) is 30.1 Å². The summed E-state index contributed by atoms with van der Waals surface area (Å²) in [4.78, 5) is 2.50. The van der Waals surface area contributed by atoms with Crippen LogP contribution in [0.5, 0.6) is 5.75 Å². The molecule has 0 radical (unpaired) electrons. The van der Waals surface area contributed by atoms with E-state index >= 15 is 0 Å². The smallest absolute Gasteiger partial charge is 0.262 e. The summed E-state index contributed by atoms with van der Waals surface area (Å²) < 4.78 is 35.1. The Bertz CT molecular complexity index is 909. The number of piperazine rings is 1. The molecule has 152 valence electrons. The lowest BCUT2D eigenvalue weighted by Gasteiger charge is -2.38. The SMILES string of the molecule is CCOc1ccc(N2CC(C)NC(C)C2)cc1NS(=O)(=O)c1ccc(I)cc1. The van der Waals surface area contributed by atoms with Crippen molar-refractivity contribution in [2.45, 2.75) is 37.8 Å². The number of nitrogens with one attached hydrogen (secondary N) is 2. The van der Waals surface area contributed by atoms with E-state index in [1.165, 1.54) is 0 Å². The molecule has 0 spiro atoms. The number of nitrogens with zero attached hydrogens (tertiary/aromatic N) is 1. The van der Waals surface area contributed by atoms with Crippen molar-refractivity contribution < 1.29 is 13.2 Å². The minimum Gasteiger partial charge on any atom is -0.492 e. The third-order valence-electron chi connectivity index (χ3n) is 4.55. The largest absolute Gasteiger partial charge is 0.492 e. The van der Waals surface area contributed by atoms with Gasteiger partial charge in [0.1, 0.15) is 5.75 Å². The maximum Gasteiger partial charge on any atom is 0.262 e. The minimum atomic E-state index is -3.70. The molecule has 6 nitrogen and oxygen atoms in total. The Hall–Kier alpha value is -1.52. The molecule has 0 amide bonds. The third-order valence-corrected chi connectivity index (χ3v) is 6.65. The van der Waals surface area contributed by atoms with Crippen LogP contribution in [0.15, 0.2) is 47.4 Å². The normalized spacial score (nSPS) is 20.1. The molecule has 1 heterocycles. The lowest BCUT2D eigenvalue weighted by Crippen LogP contribution is -2.54. The van der Waals surface area contributed by atoms with Crippen LogP contribution in [0.25, 0.3) is 0 Å². The van der Waals surface area contributed by atoms with Gasteiger partial charge >= 0.3 is 0 Å². The zero-order valence-corrected chi connectivity index (χ0v) is 19.2. The average molecular weight is 515 g/mol. The van der Waals surface area contributed by atoms with Crippen molar-refractivity contribution in [3.05, 3.63) is 46.0 Å². The number of hydrogen-bond donors (Lipinski definition) is 2. The van der Waals surface area contributed by atoms with Gasteiger partial charge in [0.25, 0.3) is 10.0 Å². The summed E-state index contributed by atoms with van der Waals surface area (Å²) in [5.41, 5.74) is 1.43. The molecule has 0 aliphatic carbocycles. The van der Waals surface area contributed by atoms with Gasteiger partial charge in [-0.2, -0.15) is 0 Å². The summed E-state index contributed by atoms with van der Waals surface area (Å²) >= 11 is 2.15. The molecular weight excluding hydrogens is 489 g/mol. The van der Waals surface area contributed by atoms with Gasteiger partial charge in [0.2, 0.25) is 0 Å². The molecule has 1 aliphatic heterocycles. The molecule has 3 rings (SSSR count). The van der Waals surface area contributed by atoms with Crippen LogP contribution < -0.4 is 19.7 Å². The predicted molar refractivity (Wildman–Crippen MR) is 122 cm³/mol. The molecule has 8 heteroatoms. The molecule has 2 N–H and O–H groups in total. The molecule has 0 saturated carbocycles. The first-order chi connectivity index (χ1) is 13.3. The molecule has 2 atom stereocenters. The summed E-state index contributed by atoms with van der Waals surface area (Å²) in [5, 5.41) is 3.51. The van der Waals surface area contributed by atoms with Gasteiger partial charge in [0, 0.05) is 34.4 Å². The fourth-order valence-corrected chi connectivity index (χ4v) is 4.85. The van der Waals surface area contributed by atoms with Crippen molar-refractivity contribution in [1.29, 1.82) is 0 Å². The van der Waals surface area contributed by atoms with Crippen LogP contribution >= 0.6 is 22.6 Å². The zero-order valence-electron chi connectivity index (χ0n) is 16.3. The lowest BCUT2D eigenvalue weighted by molar-refractivity contribution is 0.342. The van der Waals surface area contributed by atoms with Gasteiger partial charge in [-0.05, 0) is 85.8 Å². The van der Waals surface area contributed by atoms with Gasteiger partial charge in [-0.1, -0.05) is 0 Å². The number of anilines is 2. The van der Waals surface area contributed by atoms with Crippen molar-refractivity contribution in [3.8, 4) is 5.75 Å². The Kier molecular flexibility index (Phi) is 6.72. The summed E-state index contributed by atoms with van der Waals surface area (Å²) in [7, 11) is -3.70. The molecule has 2 aromatic rings. The van der Waals surface area contributed by atoms with Crippen molar-refractivity contribution in [2.75, 3.05) is 29.3 Å². The van der Waals surface area contributed by atoms with E-state index in [1.54, 1.807) is 24.3 Å². The lowest BCUT2D eigenvalue weighted by atomic mass is 10.1. The second-order valence-electron chi connectivity index (χ2n) is 7.05. The monoisotopic (exact) mass is 515 g/mol. The average Bonchev–Trinajstić information content (AvgIpc) is 2.62. The van der Waals surface area contributed by atoms with Gasteiger partial charge in [-0.3, -0.25) is 4.72 Å². The standard InChI is InChI=1S/C20H26IN3O3S/c1-4-27-20-10-7-17(24-12-14(2)22-15(3)13-24)11-19(20)23-28(25,26)18-8-5-16(21)6-9-18/h5-11,14-15,22-23H,4,12-13H2,1-3H3. The molecule has 28 heavy (non-hydrogen) atoms. The van der Waals surface area contributed by atoms with E-state index in [4.69, 9.17) is 4.74 Å². The fraction of sp³-hybridized carbons (Fsp3) is 0.400. The van der Waals surface area contributed by atoms with Crippen molar-refractivity contribution in [2.24, 2.45) is 0 Å². The molecule has 2 unspecified atom stereocenters. The molecule has 0 aromatic heterocycles. The van der Waals surface area contributed by atoms with E-state index < -0.39 is 10.0 Å². The maximum absolute atomic E-state index is 12.9. The van der Waals surface area contributed by atoms with Gasteiger partial charge < -0.3 is 15.0 Å². The highest BCUT2D eigenvalue weighted by Crippen LogP contribution is 2.32. The number of halogens is 1. The molecule has 1 aliphatic rings. The second-order valence-corrected chi connectivity index (χ2v) is 9.97. The number of benzene rings is 2. The van der Waals surface area contributed by atoms with Crippen LogP contribution in [-0.4, -0.2) is 40.2 Å². The summed E-state index contributed by atoms with van der Waals surface area (Å²) in [5.74, 6) is 0.525. The Balaban J connectivity index is 1.92. The van der Waals surface area contributed by atoms with Crippen LogP contribution in [0.1, 0.15) is 20.8 Å². The van der Waals surface area contributed by atoms with E-state index in [-0.39, 0.29) is 4.90 Å². The topological polar surface area (TPSA) is 70.7 Å². The Morgan fingerprint density at radius 2 is 1.79 bits per heavy atom. The number of hydrogen-bond acceptors (Lipinski definition) is 5. The van der Waals surface area contributed by atoms with Gasteiger partial charge in [-0.15, -0.1) is 0 Å². The molecule has 1 fully saturated rings. The van der Waals surface area contributed by atoms with Gasteiger partial charge in [0.15, 0.2) is 0 Å². The highest BCUT2D eigenvalue weighted by molar-refractivity contribution is 14.1. The van der Waals surface area contributed by atoms with Crippen LogP contribution in [0.3, 0.4) is 0 Å². The molecule has 0 bridgehead atoms. The maximum atomic E-state index is 12.9. The quantitative estimate of drug-likeness (QED) is 0.575. The first-order valence-electron chi connectivity index (χ1n) is 9.34. The Morgan fingerprint density at radius 1 is 1.14 bits per heavy atom. The summed E-state index contributed by atoms with van der Waals surface area (Å²) in [6, 6.07) is 13.2. The molecular formula is C20H26IN3O3S. The van der Waals surface area contributed by atoms with Crippen LogP contribution in [0.4, 0.5) is 11.4 Å². The van der Waals surface area contributed by atoms with E-state index in [0.717, 1.165) is 22.3 Å². The highest BCUT2D eigenvalue weighted by Gasteiger charge is 2.23. The number of ether oxygens (including phenoxy) is 1. The van der Waals surface area contributed by atoms with Crippen molar-refractivity contribution in [1.82, 2.24) is 5.32 Å². The first-order valence-corrected chi connectivity index (χ1v) is 11.9. The first kappa shape index (κ1) is 21.2. The predicted octanol–water partition coefficient (Wildman–Crippen LogP) is 3.68. The Labute approximate surface area is 180 Å². The summed E-state index contributed by atoms with van der Waals surface area (Å²) in [6.07, 6.45) is 0. The van der Waals surface area contributed by atoms with Crippen molar-refractivity contribution in [3.63, 3.8) is 0 Å². The fourth-order valence-electron chi connectivity index (χ4n) is 3.43. The zero-order chi connectivity index (χ0) is 20.3. The Morgan fingerprint density at radius 3 is 2.39 bits per heavy atom. The van der Waals surface area contributed by atoms with E-state index in [2.05, 4.69) is 51.4 Å². The van der Waals surface area contributed by atoms with E-state index in [1.807, 2.05) is 25.1 Å². The number of rotatable bonds is 6. The second kappa shape index (κ2) is 8.87. The number of sulfonamides is 1. The van der Waals surface area contributed by atoms with Crippen LogP contribution in [0, 0.1) is 3.57 Å².